The molecule has 1 fully saturated rings. The van der Waals surface area contributed by atoms with Crippen molar-refractivity contribution in [3.05, 3.63) is 0 Å². The van der Waals surface area contributed by atoms with Crippen LogP contribution in [0.4, 0.5) is 0 Å². The van der Waals surface area contributed by atoms with Gasteiger partial charge >= 0.3 is 0 Å². The van der Waals surface area contributed by atoms with Gasteiger partial charge in [-0.2, -0.15) is 0 Å². The summed E-state index contributed by atoms with van der Waals surface area (Å²) in [6, 6.07) is 0. The summed E-state index contributed by atoms with van der Waals surface area (Å²) < 4.78 is 0. The van der Waals surface area contributed by atoms with Gasteiger partial charge in [0, 0.05) is 6.61 Å². The van der Waals surface area contributed by atoms with Gasteiger partial charge in [0.1, 0.15) is 0 Å². The van der Waals surface area contributed by atoms with Crippen molar-refractivity contribution in [2.24, 2.45) is 11.3 Å². The van der Waals surface area contributed by atoms with Crippen molar-refractivity contribution in [3.63, 3.8) is 0 Å². The number of hydrogen-bond acceptors (Lipinski definition) is 2. The van der Waals surface area contributed by atoms with Gasteiger partial charge in [0.15, 0.2) is 0 Å². The van der Waals surface area contributed by atoms with Crippen LogP contribution in [0.1, 0.15) is 26.7 Å². The van der Waals surface area contributed by atoms with Crippen LogP contribution < -0.4 is 0 Å². The van der Waals surface area contributed by atoms with Gasteiger partial charge in [-0.05, 0) is 24.2 Å². The Bertz CT molecular complexity index is 112. The van der Waals surface area contributed by atoms with E-state index in [0.717, 1.165) is 12.8 Å². The monoisotopic (exact) mass is 144 g/mol. The SMILES string of the molecule is C[C@H]1C[C@@](C)(CO)C[C@@H]1O. The highest BCUT2D eigenvalue weighted by atomic mass is 16.3. The normalized spacial score (nSPS) is 48.0. The van der Waals surface area contributed by atoms with Crippen molar-refractivity contribution < 1.29 is 10.2 Å². The van der Waals surface area contributed by atoms with E-state index in [1.54, 1.807) is 0 Å². The van der Waals surface area contributed by atoms with Gasteiger partial charge in [0.25, 0.3) is 0 Å². The smallest absolute Gasteiger partial charge is 0.0572 e. The van der Waals surface area contributed by atoms with E-state index in [-0.39, 0.29) is 18.1 Å². The molecule has 1 aliphatic carbocycles. The molecule has 2 heteroatoms. The number of aliphatic hydroxyl groups is 2. The molecule has 3 atom stereocenters. The van der Waals surface area contributed by atoms with Crippen LogP contribution in [0, 0.1) is 11.3 Å². The molecule has 1 saturated carbocycles. The Hall–Kier alpha value is -0.0800. The average Bonchev–Trinajstić information content (AvgIpc) is 2.10. The summed E-state index contributed by atoms with van der Waals surface area (Å²) in [4.78, 5) is 0. The summed E-state index contributed by atoms with van der Waals surface area (Å²) in [7, 11) is 0. The zero-order chi connectivity index (χ0) is 7.78. The summed E-state index contributed by atoms with van der Waals surface area (Å²) in [5.41, 5.74) is -0.0150. The van der Waals surface area contributed by atoms with Gasteiger partial charge in [-0.3, -0.25) is 0 Å². The van der Waals surface area contributed by atoms with E-state index in [9.17, 15) is 5.11 Å². The molecule has 2 N–H and O–H groups in total. The first-order valence-electron chi connectivity index (χ1n) is 3.86. The molecule has 0 aliphatic heterocycles. The summed E-state index contributed by atoms with van der Waals surface area (Å²) in [5.74, 6) is 0.358. The molecule has 0 heterocycles. The number of rotatable bonds is 1. The molecule has 2 nitrogen and oxygen atoms in total. The lowest BCUT2D eigenvalue weighted by molar-refractivity contribution is 0.111. The minimum Gasteiger partial charge on any atom is -0.396 e. The highest BCUT2D eigenvalue weighted by molar-refractivity contribution is 4.88. The van der Waals surface area contributed by atoms with Crippen molar-refractivity contribution in [1.29, 1.82) is 0 Å². The minimum absolute atomic E-state index is 0.0150. The third-order valence-electron chi connectivity index (χ3n) is 2.56. The van der Waals surface area contributed by atoms with Gasteiger partial charge in [-0.15, -0.1) is 0 Å². The fourth-order valence-corrected chi connectivity index (χ4v) is 1.83. The lowest BCUT2D eigenvalue weighted by atomic mass is 9.89. The van der Waals surface area contributed by atoms with Gasteiger partial charge in [-0.25, -0.2) is 0 Å². The molecule has 10 heavy (non-hydrogen) atoms. The molecule has 0 radical (unpaired) electrons. The van der Waals surface area contributed by atoms with Gasteiger partial charge in [-0.1, -0.05) is 13.8 Å². The van der Waals surface area contributed by atoms with Crippen LogP contribution in [0.25, 0.3) is 0 Å². The molecule has 0 aromatic rings. The molecule has 0 aromatic carbocycles. The minimum atomic E-state index is -0.197. The molecule has 0 bridgehead atoms. The molecule has 1 rings (SSSR count). The first-order chi connectivity index (χ1) is 4.57. The Balaban J connectivity index is 2.55. The van der Waals surface area contributed by atoms with E-state index in [0.29, 0.717) is 5.92 Å². The molecule has 0 amide bonds. The lowest BCUT2D eigenvalue weighted by Gasteiger charge is -2.19. The second-order valence-electron chi connectivity index (χ2n) is 3.92. The molecular weight excluding hydrogens is 128 g/mol. The van der Waals surface area contributed by atoms with Crippen LogP contribution in [0.3, 0.4) is 0 Å². The first-order valence-corrected chi connectivity index (χ1v) is 3.86. The number of aliphatic hydroxyl groups excluding tert-OH is 2. The second kappa shape index (κ2) is 2.51. The van der Waals surface area contributed by atoms with Crippen molar-refractivity contribution in [3.8, 4) is 0 Å². The lowest BCUT2D eigenvalue weighted by Crippen LogP contribution is -2.17. The third kappa shape index (κ3) is 1.32. The average molecular weight is 144 g/mol. The van der Waals surface area contributed by atoms with Crippen LogP contribution >= 0.6 is 0 Å². The molecule has 0 spiro atoms. The summed E-state index contributed by atoms with van der Waals surface area (Å²) in [6.07, 6.45) is 1.51. The maximum Gasteiger partial charge on any atom is 0.0572 e. The van der Waals surface area contributed by atoms with E-state index < -0.39 is 0 Å². The number of hydrogen-bond donors (Lipinski definition) is 2. The molecular formula is C8H16O2. The van der Waals surface area contributed by atoms with Crippen molar-refractivity contribution in [2.45, 2.75) is 32.8 Å². The van der Waals surface area contributed by atoms with Gasteiger partial charge < -0.3 is 10.2 Å². The van der Waals surface area contributed by atoms with E-state index >= 15 is 0 Å². The fourth-order valence-electron chi connectivity index (χ4n) is 1.83. The van der Waals surface area contributed by atoms with Gasteiger partial charge in [0.2, 0.25) is 0 Å². The first kappa shape index (κ1) is 8.02. The highest BCUT2D eigenvalue weighted by Gasteiger charge is 2.38. The van der Waals surface area contributed by atoms with Crippen LogP contribution in [-0.4, -0.2) is 22.9 Å². The van der Waals surface area contributed by atoms with E-state index in [4.69, 9.17) is 5.11 Å². The van der Waals surface area contributed by atoms with Crippen LogP contribution in [0.2, 0.25) is 0 Å². The van der Waals surface area contributed by atoms with Crippen molar-refractivity contribution >= 4 is 0 Å². The summed E-state index contributed by atoms with van der Waals surface area (Å²) in [6.45, 7) is 4.26. The van der Waals surface area contributed by atoms with E-state index in [1.165, 1.54) is 0 Å². The Morgan fingerprint density at radius 3 is 2.30 bits per heavy atom. The Kier molecular flexibility index (Phi) is 2.02. The van der Waals surface area contributed by atoms with Crippen LogP contribution in [0.15, 0.2) is 0 Å². The predicted molar refractivity (Wildman–Crippen MR) is 39.6 cm³/mol. The Morgan fingerprint density at radius 1 is 1.50 bits per heavy atom. The maximum absolute atomic E-state index is 9.35. The Labute approximate surface area is 61.9 Å². The Morgan fingerprint density at radius 2 is 2.10 bits per heavy atom. The quantitative estimate of drug-likeness (QED) is 0.571. The third-order valence-corrected chi connectivity index (χ3v) is 2.56. The van der Waals surface area contributed by atoms with Crippen LogP contribution in [-0.2, 0) is 0 Å². The molecule has 60 valence electrons. The highest BCUT2D eigenvalue weighted by Crippen LogP contribution is 2.40. The van der Waals surface area contributed by atoms with Crippen molar-refractivity contribution in [2.75, 3.05) is 6.61 Å². The zero-order valence-electron chi connectivity index (χ0n) is 6.67. The van der Waals surface area contributed by atoms with E-state index in [1.807, 2.05) is 13.8 Å². The largest absolute Gasteiger partial charge is 0.396 e. The molecule has 1 aliphatic rings. The molecule has 0 unspecified atom stereocenters. The fraction of sp³-hybridized carbons (Fsp3) is 1.00. The summed E-state index contributed by atoms with van der Waals surface area (Å²) in [5, 5.41) is 18.3. The van der Waals surface area contributed by atoms with Crippen molar-refractivity contribution in [1.82, 2.24) is 0 Å². The maximum atomic E-state index is 9.35. The second-order valence-corrected chi connectivity index (χ2v) is 3.92. The predicted octanol–water partition coefficient (Wildman–Crippen LogP) is 0.776. The van der Waals surface area contributed by atoms with Gasteiger partial charge in [0.05, 0.1) is 6.10 Å². The zero-order valence-corrected chi connectivity index (χ0v) is 6.67. The molecule has 0 saturated heterocycles. The molecule has 0 aromatic heterocycles. The standard InChI is InChI=1S/C8H16O2/c1-6-3-8(2,5-9)4-7(6)10/h6-7,9-10H,3-5H2,1-2H3/t6-,7-,8+/m0/s1. The topological polar surface area (TPSA) is 40.5 Å². The van der Waals surface area contributed by atoms with Crippen LogP contribution in [0.5, 0.6) is 0 Å². The summed E-state index contributed by atoms with van der Waals surface area (Å²) >= 11 is 0. The van der Waals surface area contributed by atoms with E-state index in [2.05, 4.69) is 0 Å².